The van der Waals surface area contributed by atoms with Gasteiger partial charge in [-0.05, 0) is 19.1 Å². The SMILES string of the molecule is COC(=O)c1ccc(/C=C(\F)C(=O)c2ccc(C)cc2)o1. The molecule has 108 valence electrons. The van der Waals surface area contributed by atoms with Crippen molar-refractivity contribution in [1.29, 1.82) is 0 Å². The molecule has 0 spiro atoms. The van der Waals surface area contributed by atoms with E-state index in [0.29, 0.717) is 0 Å². The highest BCUT2D eigenvalue weighted by Crippen LogP contribution is 2.17. The van der Waals surface area contributed by atoms with E-state index in [1.54, 1.807) is 24.3 Å². The van der Waals surface area contributed by atoms with Gasteiger partial charge in [0.15, 0.2) is 5.83 Å². The third-order valence-electron chi connectivity index (χ3n) is 2.81. The lowest BCUT2D eigenvalue weighted by Gasteiger charge is -1.99. The molecule has 4 nitrogen and oxygen atoms in total. The van der Waals surface area contributed by atoms with Gasteiger partial charge in [0.1, 0.15) is 5.76 Å². The molecule has 2 aromatic rings. The van der Waals surface area contributed by atoms with E-state index in [-0.39, 0.29) is 17.1 Å². The summed E-state index contributed by atoms with van der Waals surface area (Å²) < 4.78 is 23.4. The van der Waals surface area contributed by atoms with Crippen molar-refractivity contribution in [2.45, 2.75) is 6.92 Å². The molecule has 0 aliphatic carbocycles. The number of allylic oxidation sites excluding steroid dienone is 1. The largest absolute Gasteiger partial charge is 0.463 e. The summed E-state index contributed by atoms with van der Waals surface area (Å²) in [6.07, 6.45) is 0.939. The van der Waals surface area contributed by atoms with Gasteiger partial charge in [-0.3, -0.25) is 4.79 Å². The summed E-state index contributed by atoms with van der Waals surface area (Å²) in [5, 5.41) is 0. The number of rotatable bonds is 4. The van der Waals surface area contributed by atoms with Crippen LogP contribution in [0.25, 0.3) is 6.08 Å². The zero-order valence-electron chi connectivity index (χ0n) is 11.6. The average Bonchev–Trinajstić information content (AvgIpc) is 2.95. The molecule has 0 aliphatic heterocycles. The molecule has 5 heteroatoms. The Morgan fingerprint density at radius 1 is 1.14 bits per heavy atom. The number of methoxy groups -OCH3 is 1. The van der Waals surface area contributed by atoms with Crippen LogP contribution in [0.2, 0.25) is 0 Å². The molecule has 2 rings (SSSR count). The maximum absolute atomic E-state index is 13.9. The van der Waals surface area contributed by atoms with Crippen molar-refractivity contribution in [2.75, 3.05) is 7.11 Å². The third-order valence-corrected chi connectivity index (χ3v) is 2.81. The second-order valence-corrected chi connectivity index (χ2v) is 4.38. The van der Waals surface area contributed by atoms with Gasteiger partial charge in [0, 0.05) is 11.6 Å². The van der Waals surface area contributed by atoms with Crippen molar-refractivity contribution in [1.82, 2.24) is 0 Å². The normalized spacial score (nSPS) is 11.3. The van der Waals surface area contributed by atoms with E-state index >= 15 is 0 Å². The number of halogens is 1. The van der Waals surface area contributed by atoms with Crippen LogP contribution in [0.5, 0.6) is 0 Å². The molecule has 1 aromatic carbocycles. The summed E-state index contributed by atoms with van der Waals surface area (Å²) in [7, 11) is 1.21. The maximum atomic E-state index is 13.9. The van der Waals surface area contributed by atoms with Crippen molar-refractivity contribution >= 4 is 17.8 Å². The van der Waals surface area contributed by atoms with Gasteiger partial charge in [0.2, 0.25) is 11.5 Å². The van der Waals surface area contributed by atoms with Gasteiger partial charge in [-0.1, -0.05) is 29.8 Å². The fraction of sp³-hybridized carbons (Fsp3) is 0.125. The number of ether oxygens (including phenoxy) is 1. The Morgan fingerprint density at radius 2 is 1.81 bits per heavy atom. The number of furan rings is 1. The van der Waals surface area contributed by atoms with Gasteiger partial charge < -0.3 is 9.15 Å². The van der Waals surface area contributed by atoms with Gasteiger partial charge in [0.25, 0.3) is 0 Å². The summed E-state index contributed by atoms with van der Waals surface area (Å²) in [6.45, 7) is 1.87. The molecule has 1 aromatic heterocycles. The third kappa shape index (κ3) is 3.45. The van der Waals surface area contributed by atoms with Crippen LogP contribution in [0.15, 0.2) is 46.6 Å². The summed E-state index contributed by atoms with van der Waals surface area (Å²) in [6, 6.07) is 9.28. The summed E-state index contributed by atoms with van der Waals surface area (Å²) >= 11 is 0. The van der Waals surface area contributed by atoms with E-state index in [9.17, 15) is 14.0 Å². The highest BCUT2D eigenvalue weighted by Gasteiger charge is 2.14. The van der Waals surface area contributed by atoms with Gasteiger partial charge in [0.05, 0.1) is 7.11 Å². The van der Waals surface area contributed by atoms with Gasteiger partial charge >= 0.3 is 5.97 Å². The minimum atomic E-state index is -0.968. The highest BCUT2D eigenvalue weighted by atomic mass is 19.1. The van der Waals surface area contributed by atoms with Crippen LogP contribution in [0.4, 0.5) is 4.39 Å². The summed E-state index contributed by atoms with van der Waals surface area (Å²) in [5.74, 6) is -2.37. The first-order valence-electron chi connectivity index (χ1n) is 6.18. The van der Waals surface area contributed by atoms with Crippen LogP contribution in [-0.4, -0.2) is 18.9 Å². The zero-order chi connectivity index (χ0) is 15.4. The van der Waals surface area contributed by atoms with E-state index in [2.05, 4.69) is 4.74 Å². The number of carbonyl (C=O) groups is 2. The van der Waals surface area contributed by atoms with Crippen molar-refractivity contribution in [3.63, 3.8) is 0 Å². The van der Waals surface area contributed by atoms with E-state index in [4.69, 9.17) is 4.42 Å². The molecule has 0 aliphatic rings. The first-order valence-corrected chi connectivity index (χ1v) is 6.18. The topological polar surface area (TPSA) is 56.5 Å². The smallest absolute Gasteiger partial charge is 0.373 e. The van der Waals surface area contributed by atoms with Crippen molar-refractivity contribution in [3.05, 3.63) is 64.9 Å². The lowest BCUT2D eigenvalue weighted by molar-refractivity contribution is 0.0564. The Balaban J connectivity index is 2.20. The van der Waals surface area contributed by atoms with Crippen molar-refractivity contribution in [2.24, 2.45) is 0 Å². The Labute approximate surface area is 120 Å². The quantitative estimate of drug-likeness (QED) is 0.490. The molecule has 0 atom stereocenters. The molecule has 0 saturated heterocycles. The monoisotopic (exact) mass is 288 g/mol. The number of ketones is 1. The number of aryl methyl sites for hydroxylation is 1. The zero-order valence-corrected chi connectivity index (χ0v) is 11.6. The van der Waals surface area contributed by atoms with Crippen LogP contribution in [0.3, 0.4) is 0 Å². The van der Waals surface area contributed by atoms with Gasteiger partial charge in [-0.2, -0.15) is 0 Å². The molecular weight excluding hydrogens is 275 g/mol. The molecule has 0 saturated carbocycles. The highest BCUT2D eigenvalue weighted by molar-refractivity contribution is 6.09. The molecule has 0 radical (unpaired) electrons. The minimum Gasteiger partial charge on any atom is -0.463 e. The van der Waals surface area contributed by atoms with Crippen LogP contribution in [0, 0.1) is 6.92 Å². The minimum absolute atomic E-state index is 0.0562. The number of esters is 1. The lowest BCUT2D eigenvalue weighted by Crippen LogP contribution is -1.99. The Hall–Kier alpha value is -2.69. The van der Waals surface area contributed by atoms with E-state index in [1.807, 2.05) is 6.92 Å². The molecule has 1 heterocycles. The lowest BCUT2D eigenvalue weighted by atomic mass is 10.1. The maximum Gasteiger partial charge on any atom is 0.373 e. The number of hydrogen-bond acceptors (Lipinski definition) is 4. The number of hydrogen-bond donors (Lipinski definition) is 0. The van der Waals surface area contributed by atoms with Crippen LogP contribution >= 0.6 is 0 Å². The molecule has 0 unspecified atom stereocenters. The Morgan fingerprint density at radius 3 is 2.43 bits per heavy atom. The fourth-order valence-corrected chi connectivity index (χ4v) is 1.67. The molecular formula is C16H13FO4. The Kier molecular flexibility index (Phi) is 4.33. The van der Waals surface area contributed by atoms with E-state index < -0.39 is 17.6 Å². The standard InChI is InChI=1S/C16H13FO4/c1-10-3-5-11(6-4-10)15(18)13(17)9-12-7-8-14(21-12)16(19)20-2/h3-9H,1-2H3/b13-9-. The number of carbonyl (C=O) groups excluding carboxylic acids is 2. The molecule has 0 fully saturated rings. The first-order chi connectivity index (χ1) is 10.0. The van der Waals surface area contributed by atoms with Crippen LogP contribution in [0.1, 0.15) is 32.2 Å². The second kappa shape index (κ2) is 6.17. The first kappa shape index (κ1) is 14.7. The second-order valence-electron chi connectivity index (χ2n) is 4.38. The average molecular weight is 288 g/mol. The molecule has 0 bridgehead atoms. The van der Waals surface area contributed by atoms with Gasteiger partial charge in [-0.15, -0.1) is 0 Å². The van der Waals surface area contributed by atoms with E-state index in [1.165, 1.54) is 19.2 Å². The summed E-state index contributed by atoms with van der Waals surface area (Å²) in [4.78, 5) is 23.1. The number of Topliss-reactive ketones (excluding diaryl/α,β-unsaturated/α-hetero) is 1. The van der Waals surface area contributed by atoms with Gasteiger partial charge in [-0.25, -0.2) is 9.18 Å². The number of benzene rings is 1. The predicted molar refractivity (Wildman–Crippen MR) is 74.6 cm³/mol. The molecule has 0 N–H and O–H groups in total. The fourth-order valence-electron chi connectivity index (χ4n) is 1.67. The Bertz CT molecular complexity index is 695. The van der Waals surface area contributed by atoms with E-state index in [0.717, 1.165) is 11.6 Å². The van der Waals surface area contributed by atoms with Crippen LogP contribution < -0.4 is 0 Å². The molecule has 21 heavy (non-hydrogen) atoms. The van der Waals surface area contributed by atoms with Crippen molar-refractivity contribution in [3.8, 4) is 0 Å². The summed E-state index contributed by atoms with van der Waals surface area (Å²) in [5.41, 5.74) is 1.22. The van der Waals surface area contributed by atoms with Crippen LogP contribution in [-0.2, 0) is 4.74 Å². The van der Waals surface area contributed by atoms with Crippen molar-refractivity contribution < 1.29 is 23.1 Å². The molecule has 0 amide bonds. The predicted octanol–water partition coefficient (Wildman–Crippen LogP) is 3.57.